The van der Waals surface area contributed by atoms with Crippen LogP contribution >= 0.6 is 0 Å². The van der Waals surface area contributed by atoms with Crippen LogP contribution in [-0.2, 0) is 39.1 Å². The average Bonchev–Trinajstić information content (AvgIpc) is 3.15. The normalized spacial score (nSPS) is 19.6. The van der Waals surface area contributed by atoms with Crippen molar-refractivity contribution >= 4 is 10.0 Å². The molecule has 2 N–H and O–H groups in total. The lowest BCUT2D eigenvalue weighted by Gasteiger charge is -2.42. The lowest BCUT2D eigenvalue weighted by atomic mass is 9.90. The molecule has 49 heavy (non-hydrogen) atoms. The molecule has 1 saturated heterocycles. The van der Waals surface area contributed by atoms with Crippen molar-refractivity contribution < 1.29 is 23.0 Å². The van der Waals surface area contributed by atoms with Crippen LogP contribution < -0.4 is 4.72 Å². The number of nitrogens with one attached hydrogen (secondary N) is 1. The quantitative estimate of drug-likeness (QED) is 0.143. The fourth-order valence-corrected chi connectivity index (χ4v) is 7.20. The Morgan fingerprint density at radius 3 is 2.27 bits per heavy atom. The van der Waals surface area contributed by atoms with Gasteiger partial charge in [-0.15, -0.1) is 0 Å². The summed E-state index contributed by atoms with van der Waals surface area (Å²) in [5.74, 6) is 0.0630. The Kier molecular flexibility index (Phi) is 11.3. The van der Waals surface area contributed by atoms with Crippen LogP contribution in [0.2, 0.25) is 0 Å². The van der Waals surface area contributed by atoms with Gasteiger partial charge in [-0.05, 0) is 71.3 Å². The molecule has 254 valence electrons. The molecule has 5 aromatic rings. The van der Waals surface area contributed by atoms with Gasteiger partial charge in [0.05, 0.1) is 23.7 Å². The van der Waals surface area contributed by atoms with Crippen LogP contribution in [0.25, 0.3) is 11.1 Å². The summed E-state index contributed by atoms with van der Waals surface area (Å²) in [5.41, 5.74) is 6.65. The molecule has 1 aromatic heterocycles. The molecule has 0 spiro atoms. The van der Waals surface area contributed by atoms with Gasteiger partial charge in [-0.3, -0.25) is 4.98 Å². The van der Waals surface area contributed by atoms with E-state index in [1.807, 2.05) is 85.1 Å². The standard InChI is InChI=1S/C40H43N3O5S/c1-29-38(27-43(2)23-21-36-14-6-7-22-41-36)47-40(48-39(29)32-19-17-30(28-44)18-20-32)35-13-9-12-34(25-35)33-11-8-10-31(24-33)26-42-49(45,46)37-15-4-3-5-16-37/h3-20,22,24-25,29,38-40,42,44H,21,23,26-28H2,1-2H3. The molecule has 9 heteroatoms. The molecule has 1 aliphatic heterocycles. The number of ether oxygens (including phenoxy) is 2. The zero-order chi connectivity index (χ0) is 34.2. The summed E-state index contributed by atoms with van der Waals surface area (Å²) in [6.45, 7) is 3.90. The van der Waals surface area contributed by atoms with Gasteiger partial charge in [0.2, 0.25) is 10.0 Å². The Hall–Kier alpha value is -4.22. The van der Waals surface area contributed by atoms with E-state index in [1.165, 1.54) is 0 Å². The molecule has 4 atom stereocenters. The molecule has 0 amide bonds. The Labute approximate surface area is 289 Å². The number of hydrogen-bond donors (Lipinski definition) is 2. The second-order valence-corrected chi connectivity index (χ2v) is 14.4. The van der Waals surface area contributed by atoms with Crippen LogP contribution in [0.3, 0.4) is 0 Å². The van der Waals surface area contributed by atoms with Crippen LogP contribution in [0, 0.1) is 5.92 Å². The first kappa shape index (κ1) is 34.6. The third kappa shape index (κ3) is 8.88. The molecule has 8 nitrogen and oxygen atoms in total. The van der Waals surface area contributed by atoms with Gasteiger partial charge in [0, 0.05) is 49.4 Å². The third-order valence-electron chi connectivity index (χ3n) is 9.03. The van der Waals surface area contributed by atoms with Gasteiger partial charge in [0.1, 0.15) is 0 Å². The Morgan fingerprint density at radius 1 is 0.796 bits per heavy atom. The number of aliphatic hydroxyl groups excluding tert-OH is 1. The van der Waals surface area contributed by atoms with Crippen molar-refractivity contribution in [1.82, 2.24) is 14.6 Å². The van der Waals surface area contributed by atoms with Crippen molar-refractivity contribution in [2.24, 2.45) is 5.92 Å². The van der Waals surface area contributed by atoms with Gasteiger partial charge >= 0.3 is 0 Å². The predicted octanol–water partition coefficient (Wildman–Crippen LogP) is 6.69. The van der Waals surface area contributed by atoms with Gasteiger partial charge in [-0.25, -0.2) is 13.1 Å². The SMILES string of the molecule is CC1C(CN(C)CCc2ccccn2)OC(c2cccc(-c3cccc(CNS(=O)(=O)c4ccccc4)c3)c2)OC1c1ccc(CO)cc1. The summed E-state index contributed by atoms with van der Waals surface area (Å²) in [6, 6.07) is 38.3. The minimum Gasteiger partial charge on any atom is -0.392 e. The number of benzene rings is 4. The summed E-state index contributed by atoms with van der Waals surface area (Å²) >= 11 is 0. The second kappa shape index (κ2) is 16.0. The fourth-order valence-electron chi connectivity index (χ4n) is 6.16. The van der Waals surface area contributed by atoms with Crippen molar-refractivity contribution in [1.29, 1.82) is 0 Å². The molecule has 2 heterocycles. The fraction of sp³-hybridized carbons (Fsp3) is 0.275. The highest BCUT2D eigenvalue weighted by Crippen LogP contribution is 2.42. The number of likely N-dealkylation sites (N-methyl/N-ethyl adjacent to an activating group) is 1. The molecular formula is C40H43N3O5S. The molecule has 0 aliphatic carbocycles. The molecule has 1 fully saturated rings. The Balaban J connectivity index is 1.21. The van der Waals surface area contributed by atoms with Crippen molar-refractivity contribution in [3.63, 3.8) is 0 Å². The summed E-state index contributed by atoms with van der Waals surface area (Å²) in [5, 5.41) is 9.61. The van der Waals surface area contributed by atoms with Gasteiger partial charge in [-0.2, -0.15) is 0 Å². The zero-order valence-electron chi connectivity index (χ0n) is 27.9. The van der Waals surface area contributed by atoms with E-state index in [2.05, 4.69) is 40.7 Å². The number of pyridine rings is 1. The lowest BCUT2D eigenvalue weighted by molar-refractivity contribution is -0.275. The highest BCUT2D eigenvalue weighted by atomic mass is 32.2. The smallest absolute Gasteiger partial charge is 0.240 e. The van der Waals surface area contributed by atoms with Crippen LogP contribution in [0.5, 0.6) is 0 Å². The first-order chi connectivity index (χ1) is 23.8. The van der Waals surface area contributed by atoms with E-state index in [-0.39, 0.29) is 36.2 Å². The Morgan fingerprint density at radius 2 is 1.53 bits per heavy atom. The van der Waals surface area contributed by atoms with Gasteiger partial charge < -0.3 is 19.5 Å². The Bertz CT molecular complexity index is 1910. The minimum absolute atomic E-state index is 0.0102. The highest BCUT2D eigenvalue weighted by Gasteiger charge is 2.39. The summed E-state index contributed by atoms with van der Waals surface area (Å²) in [6.07, 6.45) is 1.74. The number of rotatable bonds is 13. The molecule has 4 aromatic carbocycles. The van der Waals surface area contributed by atoms with E-state index < -0.39 is 16.3 Å². The van der Waals surface area contributed by atoms with Crippen molar-refractivity contribution in [3.8, 4) is 11.1 Å². The number of aromatic nitrogens is 1. The monoisotopic (exact) mass is 677 g/mol. The number of aliphatic hydroxyl groups is 1. The van der Waals surface area contributed by atoms with Crippen LogP contribution in [0.15, 0.2) is 132 Å². The number of sulfonamides is 1. The minimum atomic E-state index is -3.63. The maximum absolute atomic E-state index is 12.8. The topological polar surface area (TPSA) is 101 Å². The molecule has 0 saturated carbocycles. The van der Waals surface area contributed by atoms with Crippen LogP contribution in [0.1, 0.15) is 47.3 Å². The van der Waals surface area contributed by atoms with Gasteiger partial charge in [0.25, 0.3) is 0 Å². The average molecular weight is 678 g/mol. The first-order valence-corrected chi connectivity index (χ1v) is 18.1. The van der Waals surface area contributed by atoms with Crippen molar-refractivity contribution in [3.05, 3.63) is 155 Å². The summed E-state index contributed by atoms with van der Waals surface area (Å²) in [7, 11) is -1.51. The molecular weight excluding hydrogens is 635 g/mol. The van der Waals surface area contributed by atoms with Gasteiger partial charge in [-0.1, -0.05) is 91.9 Å². The van der Waals surface area contributed by atoms with E-state index in [0.29, 0.717) is 0 Å². The predicted molar refractivity (Wildman–Crippen MR) is 191 cm³/mol. The lowest BCUT2D eigenvalue weighted by Crippen LogP contribution is -2.43. The number of nitrogens with zero attached hydrogens (tertiary/aromatic N) is 2. The van der Waals surface area contributed by atoms with E-state index in [0.717, 1.165) is 58.6 Å². The number of hydrogen-bond acceptors (Lipinski definition) is 7. The zero-order valence-corrected chi connectivity index (χ0v) is 28.7. The summed E-state index contributed by atoms with van der Waals surface area (Å²) in [4.78, 5) is 7.00. The second-order valence-electron chi connectivity index (χ2n) is 12.6. The first-order valence-electron chi connectivity index (χ1n) is 16.6. The maximum atomic E-state index is 12.8. The molecule has 4 unspecified atom stereocenters. The van der Waals surface area contributed by atoms with E-state index in [9.17, 15) is 13.5 Å². The largest absolute Gasteiger partial charge is 0.392 e. The van der Waals surface area contributed by atoms with Crippen molar-refractivity contribution in [2.75, 3.05) is 20.1 Å². The molecule has 6 rings (SSSR count). The molecule has 0 bridgehead atoms. The van der Waals surface area contributed by atoms with Gasteiger partial charge in [0.15, 0.2) is 6.29 Å². The molecule has 1 aliphatic rings. The van der Waals surface area contributed by atoms with E-state index >= 15 is 0 Å². The highest BCUT2D eigenvalue weighted by molar-refractivity contribution is 7.89. The summed E-state index contributed by atoms with van der Waals surface area (Å²) < 4.78 is 41.8. The third-order valence-corrected chi connectivity index (χ3v) is 10.4. The van der Waals surface area contributed by atoms with Crippen molar-refractivity contribution in [2.45, 2.75) is 49.9 Å². The van der Waals surface area contributed by atoms with Crippen LogP contribution in [-0.4, -0.2) is 49.6 Å². The van der Waals surface area contributed by atoms with E-state index in [1.54, 1.807) is 30.3 Å². The van der Waals surface area contributed by atoms with Crippen LogP contribution in [0.4, 0.5) is 0 Å². The molecule has 0 radical (unpaired) electrons. The maximum Gasteiger partial charge on any atom is 0.240 e. The van der Waals surface area contributed by atoms with E-state index in [4.69, 9.17) is 9.47 Å².